The molecule has 6 aromatic rings. The first kappa shape index (κ1) is 65.3. The molecule has 0 aliphatic rings. The van der Waals surface area contributed by atoms with Gasteiger partial charge in [0, 0.05) is 46.1 Å². The number of halogens is 1. The fourth-order valence-corrected chi connectivity index (χ4v) is 7.16. The van der Waals surface area contributed by atoms with Crippen molar-refractivity contribution in [2.45, 2.75) is 165 Å². The van der Waals surface area contributed by atoms with Gasteiger partial charge in [0.2, 0.25) is 0 Å². The molecule has 2 heterocycles. The number of carbonyl (C=O) groups excluding carboxylic acids is 6. The Morgan fingerprint density at radius 3 is 1.09 bits per heavy atom. The van der Waals surface area contributed by atoms with E-state index >= 15 is 0 Å². The van der Waals surface area contributed by atoms with Crippen molar-refractivity contribution >= 4 is 81.0 Å². The highest BCUT2D eigenvalue weighted by Gasteiger charge is 2.36. The van der Waals surface area contributed by atoms with Gasteiger partial charge in [-0.25, -0.2) is 29.0 Å². The van der Waals surface area contributed by atoms with Crippen molar-refractivity contribution < 1.29 is 66.7 Å². The number of esters is 1. The SMILES string of the molecule is CC(C)(C)OC(=O)Cc1cc(Oc2ccc(N(C(=O)OC(C)(C)C)C(=O)OC(C)(C)C)c3ccccc23)ccn1.CC(C)(C)OC(=O)N(C(=O)OC(C)(C)C)c1ccc(Oc2ccnc(Cl)c2)c2ccccc12.CC(C)(C)OC(N)=O. The summed E-state index contributed by atoms with van der Waals surface area (Å²) in [7, 11) is 0. The van der Waals surface area contributed by atoms with Crippen molar-refractivity contribution in [3.8, 4) is 23.0 Å². The van der Waals surface area contributed by atoms with Crippen LogP contribution in [0.25, 0.3) is 21.5 Å². The molecule has 6 rings (SSSR count). The monoisotopic (exact) mass is 1140 g/mol. The third-order valence-electron chi connectivity index (χ3n) is 9.60. The Morgan fingerprint density at radius 1 is 0.432 bits per heavy atom. The maximum Gasteiger partial charge on any atom is 0.424 e. The predicted octanol–water partition coefficient (Wildman–Crippen LogP) is 15.8. The Hall–Kier alpha value is -8.19. The van der Waals surface area contributed by atoms with Gasteiger partial charge in [0.1, 0.15) is 61.8 Å². The van der Waals surface area contributed by atoms with E-state index in [9.17, 15) is 28.8 Å². The molecule has 2 aromatic heterocycles. The summed E-state index contributed by atoms with van der Waals surface area (Å²) in [5, 5.41) is 2.80. The normalized spacial score (nSPS) is 11.8. The largest absolute Gasteiger partial charge is 0.460 e. The molecule has 0 bridgehead atoms. The number of nitrogens with zero attached hydrogens (tertiary/aromatic N) is 4. The molecule has 0 fully saturated rings. The zero-order chi connectivity index (χ0) is 61.1. The Balaban J connectivity index is 0.000000311. The van der Waals surface area contributed by atoms with Crippen LogP contribution in [0, 0.1) is 0 Å². The molecule has 0 saturated heterocycles. The topological polar surface area (TPSA) is 235 Å². The number of imide groups is 2. The summed E-state index contributed by atoms with van der Waals surface area (Å²) < 4.78 is 44.3. The average molecular weight is 1140 g/mol. The van der Waals surface area contributed by atoms with Crippen molar-refractivity contribution in [1.29, 1.82) is 0 Å². The van der Waals surface area contributed by atoms with Crippen LogP contribution in [0.1, 0.15) is 130 Å². The highest BCUT2D eigenvalue weighted by atomic mass is 35.5. The number of hydrogen-bond donors (Lipinski definition) is 1. The number of rotatable bonds is 8. The third-order valence-corrected chi connectivity index (χ3v) is 9.81. The van der Waals surface area contributed by atoms with E-state index in [1.54, 1.807) is 210 Å². The molecule has 0 radical (unpaired) electrons. The van der Waals surface area contributed by atoms with E-state index in [-0.39, 0.29) is 12.1 Å². The van der Waals surface area contributed by atoms with Gasteiger partial charge in [-0.2, -0.15) is 9.80 Å². The second-order valence-corrected chi connectivity index (χ2v) is 24.5. The van der Waals surface area contributed by atoms with Crippen LogP contribution in [-0.2, 0) is 39.6 Å². The van der Waals surface area contributed by atoms with Crippen molar-refractivity contribution in [2.24, 2.45) is 5.73 Å². The minimum atomic E-state index is -0.860. The first-order chi connectivity index (χ1) is 37.2. The fraction of sp³-hybridized carbons (Fsp3) is 0.410. The number of primary amides is 1. The van der Waals surface area contributed by atoms with Crippen molar-refractivity contribution in [3.05, 3.63) is 120 Å². The van der Waals surface area contributed by atoms with Gasteiger partial charge in [0.05, 0.1) is 23.5 Å². The standard InChI is InChI=1S/C31H38N2O7.C25H27ClN2O5.C5H11NO2/c1-29(2,3)38-26(34)19-20-18-21(16-17-32-20)37-25-15-14-24(22-12-10-11-13-23(22)25)33(27(35)39-30(4,5)6)28(36)40-31(7,8)9;1-24(2,3)32-22(29)28(23(30)33-25(4,5)6)19-11-12-20(18-10-8-7-9-17(18)19)31-16-13-14-27-21(26)15-16;1-5(2,3)8-4(6)7/h10-18H,19H2,1-9H3;7-15H,1-6H3;1-3H3,(H2,6,7). The van der Waals surface area contributed by atoms with Crippen LogP contribution in [0.15, 0.2) is 109 Å². The highest BCUT2D eigenvalue weighted by Crippen LogP contribution is 2.39. The number of fused-ring (bicyclic) bond motifs is 2. The second kappa shape index (κ2) is 26.4. The van der Waals surface area contributed by atoms with Gasteiger partial charge in [-0.1, -0.05) is 60.1 Å². The molecule has 0 unspecified atom stereocenters. The molecule has 0 atom stereocenters. The molecular formula is C61H76ClN5O14. The minimum Gasteiger partial charge on any atom is -0.460 e. The summed E-state index contributed by atoms with van der Waals surface area (Å²) >= 11 is 5.97. The van der Waals surface area contributed by atoms with E-state index in [1.165, 1.54) is 0 Å². The van der Waals surface area contributed by atoms with E-state index in [1.807, 2.05) is 24.3 Å². The average Bonchev–Trinajstić information content (AvgIpc) is 3.39. The second-order valence-electron chi connectivity index (χ2n) is 24.1. The fourth-order valence-electron chi connectivity index (χ4n) is 7.00. The van der Waals surface area contributed by atoms with Gasteiger partial charge in [0.15, 0.2) is 0 Å². The van der Waals surface area contributed by atoms with Crippen molar-refractivity contribution in [2.75, 3.05) is 9.80 Å². The molecule has 2 N–H and O–H groups in total. The van der Waals surface area contributed by atoms with Crippen LogP contribution in [0.4, 0.5) is 35.3 Å². The minimum absolute atomic E-state index is 0.00507. The summed E-state index contributed by atoms with van der Waals surface area (Å²) in [4.78, 5) is 85.0. The summed E-state index contributed by atoms with van der Waals surface area (Å²) in [6.07, 6.45) is -1.03. The Kier molecular flexibility index (Phi) is 21.3. The molecule has 0 aliphatic carbocycles. The maximum atomic E-state index is 13.2. The zero-order valence-corrected chi connectivity index (χ0v) is 50.3. The maximum absolute atomic E-state index is 13.2. The first-order valence-corrected chi connectivity index (χ1v) is 26.2. The predicted molar refractivity (Wildman–Crippen MR) is 311 cm³/mol. The first-order valence-electron chi connectivity index (χ1n) is 25.9. The van der Waals surface area contributed by atoms with Gasteiger partial charge in [-0.15, -0.1) is 0 Å². The summed E-state index contributed by atoms with van der Waals surface area (Å²) in [5.74, 6) is 1.56. The van der Waals surface area contributed by atoms with Gasteiger partial charge in [0.25, 0.3) is 0 Å². The van der Waals surface area contributed by atoms with E-state index in [0.29, 0.717) is 61.1 Å². The Bertz CT molecular complexity index is 3160. The number of anilines is 2. The number of hydrogen-bond acceptors (Lipinski definition) is 16. The van der Waals surface area contributed by atoms with E-state index in [0.717, 1.165) is 9.80 Å². The molecule has 0 aliphatic heterocycles. The summed E-state index contributed by atoms with van der Waals surface area (Å²) in [6, 6.07) is 27.7. The number of aromatic nitrogens is 2. The Labute approximate surface area is 479 Å². The molecular weight excluding hydrogens is 1060 g/mol. The van der Waals surface area contributed by atoms with E-state index in [4.69, 9.17) is 50.5 Å². The zero-order valence-electron chi connectivity index (χ0n) is 49.6. The molecule has 0 saturated carbocycles. The van der Waals surface area contributed by atoms with E-state index < -0.39 is 70.0 Å². The third kappa shape index (κ3) is 22.1. The van der Waals surface area contributed by atoms with Gasteiger partial charge < -0.3 is 43.6 Å². The smallest absolute Gasteiger partial charge is 0.424 e. The lowest BCUT2D eigenvalue weighted by molar-refractivity contribution is -0.154. The van der Waals surface area contributed by atoms with Gasteiger partial charge in [-0.3, -0.25) is 9.78 Å². The van der Waals surface area contributed by atoms with Crippen LogP contribution in [0.5, 0.6) is 23.0 Å². The molecule has 436 valence electrons. The van der Waals surface area contributed by atoms with Crippen LogP contribution in [-0.4, -0.2) is 80.0 Å². The van der Waals surface area contributed by atoms with Crippen LogP contribution in [0.2, 0.25) is 5.15 Å². The van der Waals surface area contributed by atoms with Gasteiger partial charge >= 0.3 is 36.4 Å². The van der Waals surface area contributed by atoms with Crippen molar-refractivity contribution in [1.82, 2.24) is 9.97 Å². The van der Waals surface area contributed by atoms with Crippen molar-refractivity contribution in [3.63, 3.8) is 0 Å². The number of nitrogens with two attached hydrogens (primary N) is 1. The lowest BCUT2D eigenvalue weighted by Gasteiger charge is -2.29. The number of amides is 5. The van der Waals surface area contributed by atoms with Gasteiger partial charge in [-0.05, 0) is 161 Å². The molecule has 81 heavy (non-hydrogen) atoms. The van der Waals surface area contributed by atoms with Crippen LogP contribution < -0.4 is 25.0 Å². The summed E-state index contributed by atoms with van der Waals surface area (Å²) in [6.45, 7) is 31.4. The molecule has 19 nitrogen and oxygen atoms in total. The van der Waals surface area contributed by atoms with E-state index in [2.05, 4.69) is 14.7 Å². The number of pyridine rings is 2. The quantitative estimate of drug-likeness (QED) is 0.0847. The molecule has 20 heteroatoms. The lowest BCUT2D eigenvalue weighted by Crippen LogP contribution is -2.43. The Morgan fingerprint density at radius 2 is 0.765 bits per heavy atom. The molecule has 4 aromatic carbocycles. The summed E-state index contributed by atoms with van der Waals surface area (Å²) in [5.41, 5.74) is 1.46. The lowest BCUT2D eigenvalue weighted by atomic mass is 10.1. The number of ether oxygens (including phenoxy) is 8. The van der Waals surface area contributed by atoms with Crippen LogP contribution in [0.3, 0.4) is 0 Å². The van der Waals surface area contributed by atoms with Crippen LogP contribution >= 0.6 is 11.6 Å². The molecule has 0 spiro atoms. The highest BCUT2D eigenvalue weighted by molar-refractivity contribution is 6.29. The number of benzene rings is 4. The number of carbonyl (C=O) groups is 6. The molecule has 5 amide bonds.